The number of pyridine rings is 1. The number of carbonyl (C=O) groups is 1. The average molecular weight is 610 g/mol. The van der Waals surface area contributed by atoms with Crippen molar-refractivity contribution in [3.05, 3.63) is 59.2 Å². The monoisotopic (exact) mass is 609 g/mol. The number of imidazole rings is 1. The van der Waals surface area contributed by atoms with Gasteiger partial charge < -0.3 is 23.7 Å². The maximum absolute atomic E-state index is 15.4. The molecule has 0 aliphatic carbocycles. The third-order valence-corrected chi connectivity index (χ3v) is 9.72. The highest BCUT2D eigenvalue weighted by molar-refractivity contribution is 6.03. The number of aryl methyl sites for hydroxylation is 1. The predicted molar refractivity (Wildman–Crippen MR) is 166 cm³/mol. The van der Waals surface area contributed by atoms with Crippen LogP contribution in [0.4, 0.5) is 8.78 Å². The van der Waals surface area contributed by atoms with Crippen LogP contribution < -0.4 is 0 Å². The number of benzene rings is 1. The fraction of sp³-hybridized carbons (Fsp3) is 0.588. The number of halogens is 2. The number of nitrogens with zero attached hydrogens (tertiary/aromatic N) is 5. The van der Waals surface area contributed by atoms with E-state index in [1.54, 1.807) is 22.3 Å². The molecule has 3 aliphatic heterocycles. The first-order chi connectivity index (χ1) is 21.1. The van der Waals surface area contributed by atoms with Crippen molar-refractivity contribution in [2.75, 3.05) is 59.6 Å². The Bertz CT molecular complexity index is 1500. The molecule has 3 aliphatic rings. The summed E-state index contributed by atoms with van der Waals surface area (Å²) in [5.74, 6) is -0.202. The Morgan fingerprint density at radius 2 is 1.93 bits per heavy atom. The number of fused-ring (bicyclic) bond motifs is 1. The first-order valence-electron chi connectivity index (χ1n) is 16.0. The SMILES string of the molecule is Cc1nc(F)c2c(-c3ccc(F)cc3C(=O)N3CCOC[C@H]3C)cc(C3CN([C@H](CO[C@@H]4CCCN(C)C4)C(C)C)C3)cn12. The Kier molecular flexibility index (Phi) is 9.06. The van der Waals surface area contributed by atoms with E-state index < -0.39 is 11.8 Å². The van der Waals surface area contributed by atoms with Gasteiger partial charge in [-0.3, -0.25) is 9.69 Å². The first kappa shape index (κ1) is 31.1. The molecule has 3 saturated heterocycles. The molecular weight excluding hydrogens is 564 g/mol. The molecule has 0 N–H and O–H groups in total. The molecule has 0 saturated carbocycles. The zero-order valence-electron chi connectivity index (χ0n) is 26.6. The van der Waals surface area contributed by atoms with Gasteiger partial charge in [0.05, 0.1) is 37.5 Å². The largest absolute Gasteiger partial charge is 0.377 e. The number of rotatable bonds is 8. The number of ether oxygens (including phenoxy) is 2. The van der Waals surface area contributed by atoms with E-state index in [0.717, 1.165) is 38.2 Å². The standard InChI is InChI=1S/C34H45F2N5O3/c1-21(2)31(20-44-27-7-6-10-38(5)18-27)39-15-25(16-39)24-13-29(32-33(36)37-23(4)41(32)17-24)28-9-8-26(35)14-30(28)34(42)40-11-12-43-19-22(40)3/h8-9,13-14,17,21-22,25,27,31H,6-7,10-12,15-16,18-20H2,1-5H3/t22-,27-,31-/m1/s1. The fourth-order valence-corrected chi connectivity index (χ4v) is 7.07. The van der Waals surface area contributed by atoms with Gasteiger partial charge in [-0.2, -0.15) is 4.39 Å². The molecule has 44 heavy (non-hydrogen) atoms. The summed E-state index contributed by atoms with van der Waals surface area (Å²) in [6, 6.07) is 6.34. The molecule has 8 nitrogen and oxygen atoms in total. The summed E-state index contributed by atoms with van der Waals surface area (Å²) in [6.45, 7) is 14.0. The number of hydrogen-bond acceptors (Lipinski definition) is 6. The molecule has 238 valence electrons. The van der Waals surface area contributed by atoms with Crippen LogP contribution in [0.1, 0.15) is 61.3 Å². The van der Waals surface area contributed by atoms with Gasteiger partial charge in [0.25, 0.3) is 5.91 Å². The average Bonchev–Trinajstić information content (AvgIpc) is 3.26. The second-order valence-electron chi connectivity index (χ2n) is 13.3. The molecule has 0 unspecified atom stereocenters. The molecule has 3 atom stereocenters. The van der Waals surface area contributed by atoms with Gasteiger partial charge in [0, 0.05) is 49.9 Å². The summed E-state index contributed by atoms with van der Waals surface area (Å²) in [6.07, 6.45) is 4.54. The molecule has 2 aromatic heterocycles. The summed E-state index contributed by atoms with van der Waals surface area (Å²) < 4.78 is 43.7. The number of hydrogen-bond donors (Lipinski definition) is 0. The predicted octanol–water partition coefficient (Wildman–Crippen LogP) is 4.98. The van der Waals surface area contributed by atoms with Crippen LogP contribution in [-0.4, -0.2) is 108 Å². The third-order valence-electron chi connectivity index (χ3n) is 9.72. The van der Waals surface area contributed by atoms with Crippen molar-refractivity contribution in [2.24, 2.45) is 5.92 Å². The number of piperidine rings is 1. The van der Waals surface area contributed by atoms with Gasteiger partial charge in [0.15, 0.2) is 0 Å². The molecule has 5 heterocycles. The Morgan fingerprint density at radius 1 is 1.14 bits per heavy atom. The second kappa shape index (κ2) is 12.8. The van der Waals surface area contributed by atoms with Crippen molar-refractivity contribution in [1.82, 2.24) is 24.1 Å². The molecule has 0 bridgehead atoms. The van der Waals surface area contributed by atoms with Gasteiger partial charge in [-0.1, -0.05) is 19.9 Å². The maximum atomic E-state index is 15.4. The lowest BCUT2D eigenvalue weighted by atomic mass is 9.86. The molecule has 3 aromatic rings. The van der Waals surface area contributed by atoms with Gasteiger partial charge in [-0.25, -0.2) is 9.37 Å². The number of aromatic nitrogens is 2. The van der Waals surface area contributed by atoms with Gasteiger partial charge in [0.1, 0.15) is 17.2 Å². The van der Waals surface area contributed by atoms with Gasteiger partial charge >= 0.3 is 0 Å². The van der Waals surface area contributed by atoms with E-state index in [1.165, 1.54) is 18.6 Å². The number of amides is 1. The van der Waals surface area contributed by atoms with Crippen LogP contribution >= 0.6 is 0 Å². The summed E-state index contributed by atoms with van der Waals surface area (Å²) in [5.41, 5.74) is 2.61. The van der Waals surface area contributed by atoms with E-state index in [4.69, 9.17) is 9.47 Å². The van der Waals surface area contributed by atoms with Crippen molar-refractivity contribution in [2.45, 2.75) is 64.6 Å². The lowest BCUT2D eigenvalue weighted by Crippen LogP contribution is -2.55. The highest BCUT2D eigenvalue weighted by atomic mass is 19.1. The minimum atomic E-state index is -0.605. The van der Waals surface area contributed by atoms with Crippen LogP contribution in [0, 0.1) is 24.6 Å². The zero-order valence-corrected chi connectivity index (χ0v) is 26.6. The smallest absolute Gasteiger partial charge is 0.254 e. The zero-order chi connectivity index (χ0) is 31.1. The van der Waals surface area contributed by atoms with Crippen molar-refractivity contribution < 1.29 is 23.0 Å². The van der Waals surface area contributed by atoms with Gasteiger partial charge in [0.2, 0.25) is 5.95 Å². The maximum Gasteiger partial charge on any atom is 0.254 e. The lowest BCUT2D eigenvalue weighted by Gasteiger charge is -2.46. The van der Waals surface area contributed by atoms with Crippen LogP contribution in [0.15, 0.2) is 30.5 Å². The molecule has 6 rings (SSSR count). The molecule has 10 heteroatoms. The van der Waals surface area contributed by atoms with Crippen LogP contribution in [0.3, 0.4) is 0 Å². The van der Waals surface area contributed by atoms with Crippen LogP contribution in [0.2, 0.25) is 0 Å². The minimum Gasteiger partial charge on any atom is -0.377 e. The number of carbonyl (C=O) groups excluding carboxylic acids is 1. The number of morpholine rings is 1. The van der Waals surface area contributed by atoms with Crippen molar-refractivity contribution in [1.29, 1.82) is 0 Å². The van der Waals surface area contributed by atoms with E-state index >= 15 is 4.39 Å². The Balaban J connectivity index is 1.29. The molecular formula is C34H45F2N5O3. The quantitative estimate of drug-likeness (QED) is 0.359. The number of likely N-dealkylation sites (N-methyl/N-ethyl adjacent to an activating group) is 1. The third kappa shape index (κ3) is 6.14. The van der Waals surface area contributed by atoms with Crippen molar-refractivity contribution in [3.63, 3.8) is 0 Å². The van der Waals surface area contributed by atoms with Crippen molar-refractivity contribution >= 4 is 11.4 Å². The lowest BCUT2D eigenvalue weighted by molar-refractivity contribution is -0.0494. The second-order valence-corrected chi connectivity index (χ2v) is 13.3. The molecule has 3 fully saturated rings. The highest BCUT2D eigenvalue weighted by Crippen LogP contribution is 2.38. The Labute approximate surface area is 258 Å². The van der Waals surface area contributed by atoms with E-state index in [9.17, 15) is 9.18 Å². The van der Waals surface area contributed by atoms with Gasteiger partial charge in [-0.05, 0) is 75.5 Å². The van der Waals surface area contributed by atoms with E-state index in [0.29, 0.717) is 60.8 Å². The van der Waals surface area contributed by atoms with E-state index in [1.807, 2.05) is 19.2 Å². The summed E-state index contributed by atoms with van der Waals surface area (Å²) >= 11 is 0. The van der Waals surface area contributed by atoms with Crippen molar-refractivity contribution in [3.8, 4) is 11.1 Å². The van der Waals surface area contributed by atoms with Crippen LogP contribution in [-0.2, 0) is 9.47 Å². The summed E-state index contributed by atoms with van der Waals surface area (Å²) in [4.78, 5) is 24.5. The topological polar surface area (TPSA) is 62.6 Å². The highest BCUT2D eigenvalue weighted by Gasteiger charge is 2.37. The molecule has 0 spiro atoms. The minimum absolute atomic E-state index is 0.148. The first-order valence-corrected chi connectivity index (χ1v) is 16.0. The Hall–Kier alpha value is -2.92. The van der Waals surface area contributed by atoms with Gasteiger partial charge in [-0.15, -0.1) is 0 Å². The normalized spacial score (nSPS) is 23.0. The summed E-state index contributed by atoms with van der Waals surface area (Å²) in [7, 11) is 2.16. The van der Waals surface area contributed by atoms with Crippen LogP contribution in [0.25, 0.3) is 16.6 Å². The number of likely N-dealkylation sites (tertiary alicyclic amines) is 2. The van der Waals surface area contributed by atoms with E-state index in [2.05, 4.69) is 35.7 Å². The summed E-state index contributed by atoms with van der Waals surface area (Å²) in [5, 5.41) is 0. The van der Waals surface area contributed by atoms with E-state index in [-0.39, 0.29) is 29.5 Å². The molecule has 1 aromatic carbocycles. The molecule has 0 radical (unpaired) electrons. The fourth-order valence-electron chi connectivity index (χ4n) is 7.07. The Morgan fingerprint density at radius 3 is 2.66 bits per heavy atom. The van der Waals surface area contributed by atoms with Crippen LogP contribution in [0.5, 0.6) is 0 Å². The molecule has 1 amide bonds.